The first kappa shape index (κ1) is 12.5. The maximum absolute atomic E-state index is 5.98. The summed E-state index contributed by atoms with van der Waals surface area (Å²) >= 11 is 2.01. The fraction of sp³-hybridized carbons (Fsp3) is 0.600. The van der Waals surface area contributed by atoms with Crippen LogP contribution >= 0.6 is 11.8 Å². The summed E-state index contributed by atoms with van der Waals surface area (Å²) in [5, 5.41) is 0.725. The van der Waals surface area contributed by atoms with Crippen LogP contribution in [0.5, 0.6) is 0 Å². The average Bonchev–Trinajstić information content (AvgIpc) is 2.38. The lowest BCUT2D eigenvalue weighted by Gasteiger charge is -2.47. The Morgan fingerprint density at radius 3 is 2.67 bits per heavy atom. The van der Waals surface area contributed by atoms with E-state index in [1.54, 1.807) is 0 Å². The molecule has 98 valence electrons. The normalized spacial score (nSPS) is 25.9. The smallest absolute Gasteiger partial charge is 0.0693 e. The van der Waals surface area contributed by atoms with Gasteiger partial charge in [-0.3, -0.25) is 0 Å². The number of ether oxygens (including phenoxy) is 1. The van der Waals surface area contributed by atoms with E-state index in [9.17, 15) is 0 Å². The Labute approximate surface area is 113 Å². The Hall–Kier alpha value is -0.510. The number of thioether (sulfide) groups is 1. The van der Waals surface area contributed by atoms with Crippen molar-refractivity contribution in [3.05, 3.63) is 29.8 Å². The van der Waals surface area contributed by atoms with Crippen LogP contribution in [0.2, 0.25) is 0 Å². The number of nitrogens with two attached hydrogens (primary N) is 1. The van der Waals surface area contributed by atoms with Gasteiger partial charge < -0.3 is 10.5 Å². The molecule has 0 bridgehead atoms. The molecule has 0 aromatic heterocycles. The molecule has 1 aliphatic heterocycles. The number of hydrogen-bond acceptors (Lipinski definition) is 3. The highest BCUT2D eigenvalue weighted by Gasteiger charge is 2.42. The first-order valence-electron chi connectivity index (χ1n) is 6.89. The third-order valence-electron chi connectivity index (χ3n) is 4.17. The average molecular weight is 263 g/mol. The standard InChI is InChI=1S/C15H21NOS/c16-11-12-2-4-13(5-3-12)18-14-6-9-17-15(10-14)7-1-8-15/h2-5,14H,1,6-11,16H2. The van der Waals surface area contributed by atoms with Crippen LogP contribution < -0.4 is 5.73 Å². The van der Waals surface area contributed by atoms with Gasteiger partial charge in [-0.1, -0.05) is 12.1 Å². The van der Waals surface area contributed by atoms with Crippen LogP contribution in [0.15, 0.2) is 29.2 Å². The predicted octanol–water partition coefficient (Wildman–Crippen LogP) is 3.34. The van der Waals surface area contributed by atoms with Crippen molar-refractivity contribution in [1.82, 2.24) is 0 Å². The maximum Gasteiger partial charge on any atom is 0.0693 e. The van der Waals surface area contributed by atoms with Crippen LogP contribution in [-0.2, 0) is 11.3 Å². The van der Waals surface area contributed by atoms with Gasteiger partial charge in [0.15, 0.2) is 0 Å². The van der Waals surface area contributed by atoms with Crippen molar-refractivity contribution < 1.29 is 4.74 Å². The highest BCUT2D eigenvalue weighted by molar-refractivity contribution is 8.00. The van der Waals surface area contributed by atoms with Crippen molar-refractivity contribution >= 4 is 11.8 Å². The summed E-state index contributed by atoms with van der Waals surface area (Å²) in [6.45, 7) is 1.57. The topological polar surface area (TPSA) is 35.2 Å². The van der Waals surface area contributed by atoms with Crippen molar-refractivity contribution in [2.24, 2.45) is 5.73 Å². The van der Waals surface area contributed by atoms with E-state index in [1.165, 1.54) is 42.6 Å². The summed E-state index contributed by atoms with van der Waals surface area (Å²) in [5.74, 6) is 0. The quantitative estimate of drug-likeness (QED) is 0.908. The van der Waals surface area contributed by atoms with Gasteiger partial charge in [0.1, 0.15) is 0 Å². The lowest BCUT2D eigenvalue weighted by atomic mass is 9.75. The molecule has 1 heterocycles. The van der Waals surface area contributed by atoms with Gasteiger partial charge in [0.25, 0.3) is 0 Å². The Kier molecular flexibility index (Phi) is 3.64. The predicted molar refractivity (Wildman–Crippen MR) is 75.7 cm³/mol. The first-order chi connectivity index (χ1) is 8.80. The molecule has 1 saturated carbocycles. The minimum Gasteiger partial charge on any atom is -0.375 e. The molecule has 1 unspecified atom stereocenters. The zero-order valence-corrected chi connectivity index (χ0v) is 11.5. The lowest BCUT2D eigenvalue weighted by Crippen LogP contribution is -2.46. The van der Waals surface area contributed by atoms with E-state index in [1.807, 2.05) is 11.8 Å². The molecule has 2 nitrogen and oxygen atoms in total. The van der Waals surface area contributed by atoms with E-state index in [-0.39, 0.29) is 5.60 Å². The van der Waals surface area contributed by atoms with Gasteiger partial charge >= 0.3 is 0 Å². The zero-order chi connectivity index (χ0) is 12.4. The molecule has 2 N–H and O–H groups in total. The van der Waals surface area contributed by atoms with Crippen molar-refractivity contribution in [3.8, 4) is 0 Å². The van der Waals surface area contributed by atoms with Gasteiger partial charge in [-0.05, 0) is 49.8 Å². The summed E-state index contributed by atoms with van der Waals surface area (Å²) in [6.07, 6.45) is 6.32. The number of benzene rings is 1. The molecular weight excluding hydrogens is 242 g/mol. The second kappa shape index (κ2) is 5.24. The van der Waals surface area contributed by atoms with Gasteiger partial charge in [-0.2, -0.15) is 0 Å². The van der Waals surface area contributed by atoms with E-state index in [0.717, 1.165) is 11.9 Å². The maximum atomic E-state index is 5.98. The van der Waals surface area contributed by atoms with Crippen LogP contribution in [0, 0.1) is 0 Å². The molecule has 1 aromatic carbocycles. The summed E-state index contributed by atoms with van der Waals surface area (Å²) in [4.78, 5) is 1.37. The monoisotopic (exact) mass is 263 g/mol. The van der Waals surface area contributed by atoms with E-state index in [4.69, 9.17) is 10.5 Å². The third-order valence-corrected chi connectivity index (χ3v) is 5.45. The minimum absolute atomic E-state index is 0.257. The molecule has 1 spiro atoms. The zero-order valence-electron chi connectivity index (χ0n) is 10.7. The van der Waals surface area contributed by atoms with E-state index in [0.29, 0.717) is 6.54 Å². The first-order valence-corrected chi connectivity index (χ1v) is 7.77. The van der Waals surface area contributed by atoms with Crippen molar-refractivity contribution in [2.45, 2.75) is 54.4 Å². The van der Waals surface area contributed by atoms with Gasteiger partial charge in [-0.25, -0.2) is 0 Å². The van der Waals surface area contributed by atoms with E-state index >= 15 is 0 Å². The molecule has 1 aliphatic carbocycles. The molecule has 1 aromatic rings. The Bertz CT molecular complexity index is 399. The van der Waals surface area contributed by atoms with Crippen molar-refractivity contribution in [2.75, 3.05) is 6.61 Å². The molecule has 3 heteroatoms. The van der Waals surface area contributed by atoms with Crippen molar-refractivity contribution in [1.29, 1.82) is 0 Å². The van der Waals surface area contributed by atoms with Crippen LogP contribution in [-0.4, -0.2) is 17.5 Å². The Morgan fingerprint density at radius 1 is 1.28 bits per heavy atom. The van der Waals surface area contributed by atoms with Gasteiger partial charge in [0.05, 0.1) is 5.60 Å². The van der Waals surface area contributed by atoms with Gasteiger partial charge in [-0.15, -0.1) is 11.8 Å². The summed E-state index contributed by atoms with van der Waals surface area (Å²) < 4.78 is 5.98. The van der Waals surface area contributed by atoms with E-state index in [2.05, 4.69) is 24.3 Å². The molecule has 1 atom stereocenters. The largest absolute Gasteiger partial charge is 0.375 e. The Morgan fingerprint density at radius 2 is 2.06 bits per heavy atom. The highest BCUT2D eigenvalue weighted by Crippen LogP contribution is 2.46. The van der Waals surface area contributed by atoms with E-state index < -0.39 is 0 Å². The Balaban J connectivity index is 1.61. The summed E-state index contributed by atoms with van der Waals surface area (Å²) in [7, 11) is 0. The van der Waals surface area contributed by atoms with Crippen LogP contribution in [0.1, 0.15) is 37.7 Å². The molecule has 2 fully saturated rings. The second-order valence-electron chi connectivity index (χ2n) is 5.47. The minimum atomic E-state index is 0.257. The van der Waals surface area contributed by atoms with Crippen LogP contribution in [0.3, 0.4) is 0 Å². The van der Waals surface area contributed by atoms with Gasteiger partial charge in [0.2, 0.25) is 0 Å². The van der Waals surface area contributed by atoms with Crippen LogP contribution in [0.25, 0.3) is 0 Å². The summed E-state index contributed by atoms with van der Waals surface area (Å²) in [5.41, 5.74) is 7.09. The van der Waals surface area contributed by atoms with Gasteiger partial charge in [0, 0.05) is 23.3 Å². The molecule has 3 rings (SSSR count). The SMILES string of the molecule is NCc1ccc(SC2CCOC3(CCC3)C2)cc1. The molecular formula is C15H21NOS. The molecule has 2 aliphatic rings. The second-order valence-corrected chi connectivity index (χ2v) is 6.84. The molecule has 1 saturated heterocycles. The number of hydrogen-bond donors (Lipinski definition) is 1. The fourth-order valence-electron chi connectivity index (χ4n) is 2.90. The van der Waals surface area contributed by atoms with Crippen molar-refractivity contribution in [3.63, 3.8) is 0 Å². The molecule has 0 radical (unpaired) electrons. The number of rotatable bonds is 3. The molecule has 18 heavy (non-hydrogen) atoms. The van der Waals surface area contributed by atoms with Crippen LogP contribution in [0.4, 0.5) is 0 Å². The summed E-state index contributed by atoms with van der Waals surface area (Å²) in [6, 6.07) is 8.69. The third kappa shape index (κ3) is 2.58. The molecule has 0 amide bonds. The fourth-order valence-corrected chi connectivity index (χ4v) is 4.18. The highest BCUT2D eigenvalue weighted by atomic mass is 32.2. The lowest BCUT2D eigenvalue weighted by molar-refractivity contribution is -0.125.